The highest BCUT2D eigenvalue weighted by molar-refractivity contribution is 7.17. The number of thiophene rings is 1. The maximum atomic E-state index is 3.73. The fraction of sp³-hybridized carbons (Fsp3) is 0.500. The van der Waals surface area contributed by atoms with Crippen molar-refractivity contribution in [1.29, 1.82) is 0 Å². The van der Waals surface area contributed by atoms with Gasteiger partial charge in [-0.1, -0.05) is 26.2 Å². The van der Waals surface area contributed by atoms with Crippen LogP contribution in [0.2, 0.25) is 0 Å². The lowest BCUT2D eigenvalue weighted by Gasteiger charge is -2.29. The van der Waals surface area contributed by atoms with Crippen molar-refractivity contribution in [2.75, 3.05) is 5.32 Å². The lowest BCUT2D eigenvalue weighted by atomic mass is 9.84. The Balaban J connectivity index is 1.71. The van der Waals surface area contributed by atoms with Crippen molar-refractivity contribution >= 4 is 27.1 Å². The van der Waals surface area contributed by atoms with Gasteiger partial charge < -0.3 is 5.32 Å². The van der Waals surface area contributed by atoms with Crippen LogP contribution in [0.5, 0.6) is 0 Å². The molecule has 1 N–H and O–H groups in total. The molecule has 1 nitrogen and oxygen atoms in total. The Bertz CT molecular complexity index is 517. The fourth-order valence-electron chi connectivity index (χ4n) is 3.09. The van der Waals surface area contributed by atoms with Crippen LogP contribution in [-0.2, 0) is 0 Å². The van der Waals surface area contributed by atoms with Gasteiger partial charge in [0.1, 0.15) is 0 Å². The smallest absolute Gasteiger partial charge is 0.0349 e. The number of nitrogens with one attached hydrogen (secondary N) is 1. The van der Waals surface area contributed by atoms with E-state index in [0.717, 1.165) is 5.92 Å². The summed E-state index contributed by atoms with van der Waals surface area (Å²) in [7, 11) is 0. The number of hydrogen-bond donors (Lipinski definition) is 1. The largest absolute Gasteiger partial charge is 0.382 e. The topological polar surface area (TPSA) is 12.0 Å². The van der Waals surface area contributed by atoms with E-state index in [2.05, 4.69) is 41.9 Å². The van der Waals surface area contributed by atoms with Crippen LogP contribution < -0.4 is 5.32 Å². The van der Waals surface area contributed by atoms with E-state index in [1.807, 2.05) is 11.3 Å². The number of anilines is 1. The first-order valence-electron chi connectivity index (χ1n) is 7.09. The SMILES string of the molecule is CCC1CCCC(Nc2ccc3sccc3c2)C1. The van der Waals surface area contributed by atoms with Gasteiger partial charge in [-0.3, -0.25) is 0 Å². The summed E-state index contributed by atoms with van der Waals surface area (Å²) >= 11 is 1.82. The zero-order chi connectivity index (χ0) is 12.4. The number of fused-ring (bicyclic) bond motifs is 1. The summed E-state index contributed by atoms with van der Waals surface area (Å²) in [5.41, 5.74) is 1.29. The lowest BCUT2D eigenvalue weighted by molar-refractivity contribution is 0.327. The summed E-state index contributed by atoms with van der Waals surface area (Å²) < 4.78 is 1.38. The summed E-state index contributed by atoms with van der Waals surface area (Å²) in [6.45, 7) is 2.32. The molecular weight excluding hydrogens is 238 g/mol. The maximum Gasteiger partial charge on any atom is 0.0349 e. The molecule has 2 unspecified atom stereocenters. The van der Waals surface area contributed by atoms with Crippen molar-refractivity contribution in [3.8, 4) is 0 Å². The van der Waals surface area contributed by atoms with Gasteiger partial charge in [0.15, 0.2) is 0 Å². The molecule has 2 aromatic rings. The minimum atomic E-state index is 0.680. The summed E-state index contributed by atoms with van der Waals surface area (Å²) in [5, 5.41) is 7.27. The molecule has 1 aromatic carbocycles. The van der Waals surface area contributed by atoms with E-state index < -0.39 is 0 Å². The van der Waals surface area contributed by atoms with Crippen LogP contribution in [0.15, 0.2) is 29.6 Å². The third kappa shape index (κ3) is 2.54. The van der Waals surface area contributed by atoms with E-state index in [-0.39, 0.29) is 0 Å². The predicted molar refractivity (Wildman–Crippen MR) is 81.5 cm³/mol. The molecular formula is C16H21NS. The molecule has 3 rings (SSSR count). The third-order valence-corrected chi connectivity index (χ3v) is 5.08. The van der Waals surface area contributed by atoms with Gasteiger partial charge in [0.05, 0.1) is 0 Å². The minimum Gasteiger partial charge on any atom is -0.382 e. The summed E-state index contributed by atoms with van der Waals surface area (Å²) in [5.74, 6) is 0.932. The Kier molecular flexibility index (Phi) is 3.55. The molecule has 96 valence electrons. The van der Waals surface area contributed by atoms with Crippen molar-refractivity contribution in [2.45, 2.75) is 45.1 Å². The van der Waals surface area contributed by atoms with Crippen LogP contribution in [0.25, 0.3) is 10.1 Å². The monoisotopic (exact) mass is 259 g/mol. The first-order chi connectivity index (χ1) is 8.85. The first kappa shape index (κ1) is 12.0. The molecule has 0 saturated heterocycles. The Hall–Kier alpha value is -1.02. The second-order valence-corrected chi connectivity index (χ2v) is 6.40. The van der Waals surface area contributed by atoms with Gasteiger partial charge in [0.2, 0.25) is 0 Å². The van der Waals surface area contributed by atoms with E-state index in [9.17, 15) is 0 Å². The maximum absolute atomic E-state index is 3.73. The Morgan fingerprint density at radius 3 is 3.11 bits per heavy atom. The molecule has 0 aliphatic heterocycles. The molecule has 0 radical (unpaired) electrons. The molecule has 2 atom stereocenters. The van der Waals surface area contributed by atoms with E-state index >= 15 is 0 Å². The van der Waals surface area contributed by atoms with E-state index in [0.29, 0.717) is 6.04 Å². The molecule has 1 aliphatic rings. The molecule has 1 saturated carbocycles. The van der Waals surface area contributed by atoms with Gasteiger partial charge in [-0.2, -0.15) is 0 Å². The Morgan fingerprint density at radius 1 is 1.28 bits per heavy atom. The quantitative estimate of drug-likeness (QED) is 0.790. The average molecular weight is 259 g/mol. The molecule has 0 spiro atoms. The highest BCUT2D eigenvalue weighted by Gasteiger charge is 2.20. The van der Waals surface area contributed by atoms with Crippen LogP contribution in [0.3, 0.4) is 0 Å². The van der Waals surface area contributed by atoms with Crippen molar-refractivity contribution in [1.82, 2.24) is 0 Å². The molecule has 0 amide bonds. The third-order valence-electron chi connectivity index (χ3n) is 4.18. The number of rotatable bonds is 3. The van der Waals surface area contributed by atoms with Crippen LogP contribution in [-0.4, -0.2) is 6.04 Å². The van der Waals surface area contributed by atoms with Gasteiger partial charge in [-0.05, 0) is 53.8 Å². The van der Waals surface area contributed by atoms with E-state index in [1.54, 1.807) is 0 Å². The zero-order valence-electron chi connectivity index (χ0n) is 11.0. The molecule has 0 bridgehead atoms. The highest BCUT2D eigenvalue weighted by Crippen LogP contribution is 2.30. The highest BCUT2D eigenvalue weighted by atomic mass is 32.1. The van der Waals surface area contributed by atoms with Crippen molar-refractivity contribution in [3.05, 3.63) is 29.6 Å². The molecule has 1 aromatic heterocycles. The van der Waals surface area contributed by atoms with Crippen LogP contribution in [0.1, 0.15) is 39.0 Å². The Morgan fingerprint density at radius 2 is 2.22 bits per heavy atom. The van der Waals surface area contributed by atoms with Gasteiger partial charge >= 0.3 is 0 Å². The van der Waals surface area contributed by atoms with Gasteiger partial charge in [-0.25, -0.2) is 0 Å². The molecule has 1 heterocycles. The van der Waals surface area contributed by atoms with Crippen LogP contribution in [0.4, 0.5) is 5.69 Å². The molecule has 2 heteroatoms. The molecule has 18 heavy (non-hydrogen) atoms. The number of hydrogen-bond acceptors (Lipinski definition) is 2. The van der Waals surface area contributed by atoms with Gasteiger partial charge in [0.25, 0.3) is 0 Å². The van der Waals surface area contributed by atoms with Crippen LogP contribution in [0, 0.1) is 5.92 Å². The standard InChI is InChI=1S/C16H21NS/c1-2-12-4-3-5-14(10-12)17-15-6-7-16-13(11-15)8-9-18-16/h6-9,11-12,14,17H,2-5,10H2,1H3. The summed E-state index contributed by atoms with van der Waals surface area (Å²) in [4.78, 5) is 0. The zero-order valence-corrected chi connectivity index (χ0v) is 11.8. The van der Waals surface area contributed by atoms with Crippen molar-refractivity contribution < 1.29 is 0 Å². The minimum absolute atomic E-state index is 0.680. The van der Waals surface area contributed by atoms with E-state index in [1.165, 1.54) is 47.9 Å². The summed E-state index contributed by atoms with van der Waals surface area (Å²) in [6.07, 6.45) is 6.83. The second-order valence-electron chi connectivity index (χ2n) is 5.46. The lowest BCUT2D eigenvalue weighted by Crippen LogP contribution is -2.26. The predicted octanol–water partition coefficient (Wildman–Crippen LogP) is 5.28. The normalized spacial score (nSPS) is 24.3. The second kappa shape index (κ2) is 5.31. The Labute approximate surface area is 113 Å². The fourth-order valence-corrected chi connectivity index (χ4v) is 3.86. The average Bonchev–Trinajstić information content (AvgIpc) is 2.86. The van der Waals surface area contributed by atoms with Gasteiger partial charge in [0, 0.05) is 16.4 Å². The summed E-state index contributed by atoms with van der Waals surface area (Å²) in [6, 6.07) is 9.65. The van der Waals surface area contributed by atoms with E-state index in [4.69, 9.17) is 0 Å². The van der Waals surface area contributed by atoms with Crippen molar-refractivity contribution in [2.24, 2.45) is 5.92 Å². The van der Waals surface area contributed by atoms with Gasteiger partial charge in [-0.15, -0.1) is 11.3 Å². The van der Waals surface area contributed by atoms with Crippen molar-refractivity contribution in [3.63, 3.8) is 0 Å². The molecule has 1 fully saturated rings. The molecule has 1 aliphatic carbocycles. The number of benzene rings is 1. The van der Waals surface area contributed by atoms with Crippen LogP contribution >= 0.6 is 11.3 Å². The first-order valence-corrected chi connectivity index (χ1v) is 7.97.